The van der Waals surface area contributed by atoms with Crippen molar-refractivity contribution in [1.82, 2.24) is 14.8 Å². The van der Waals surface area contributed by atoms with Crippen LogP contribution in [0.4, 0.5) is 5.95 Å². The van der Waals surface area contributed by atoms with E-state index in [2.05, 4.69) is 21.2 Å². The normalized spacial score (nSPS) is 14.4. The van der Waals surface area contributed by atoms with Crippen LogP contribution in [0.2, 0.25) is 5.02 Å². The predicted octanol–water partition coefficient (Wildman–Crippen LogP) is 7.81. The zero-order valence-corrected chi connectivity index (χ0v) is 26.7. The Kier molecular flexibility index (Phi) is 9.45. The number of nitrogens with zero attached hydrogens (tertiary/aromatic N) is 3. The summed E-state index contributed by atoms with van der Waals surface area (Å²) in [7, 11) is 1.59. The number of hydrogen-bond donors (Lipinski definition) is 1. The number of methoxy groups -OCH3 is 1. The number of carbonyl (C=O) groups is 1. The van der Waals surface area contributed by atoms with E-state index in [1.807, 2.05) is 87.5 Å². The highest BCUT2D eigenvalue weighted by Crippen LogP contribution is 2.43. The summed E-state index contributed by atoms with van der Waals surface area (Å²) in [6.45, 7) is 5.85. The number of aromatic nitrogens is 3. The Hall–Kier alpha value is -3.47. The molecule has 1 unspecified atom stereocenters. The molecular formula is C31H30BrClN4O4S. The average Bonchev–Trinajstić information content (AvgIpc) is 3.37. The van der Waals surface area contributed by atoms with Gasteiger partial charge in [-0.2, -0.15) is 4.98 Å². The molecule has 42 heavy (non-hydrogen) atoms. The fourth-order valence-electron chi connectivity index (χ4n) is 4.57. The lowest BCUT2D eigenvalue weighted by molar-refractivity contribution is -0.143. The van der Waals surface area contributed by atoms with Crippen LogP contribution in [0.15, 0.2) is 87.6 Å². The second-order valence-electron chi connectivity index (χ2n) is 9.87. The summed E-state index contributed by atoms with van der Waals surface area (Å²) in [5.74, 6) is 1.74. The zero-order chi connectivity index (χ0) is 29.8. The predicted molar refractivity (Wildman–Crippen MR) is 168 cm³/mol. The molecule has 1 atom stereocenters. The van der Waals surface area contributed by atoms with Crippen molar-refractivity contribution in [2.75, 3.05) is 12.4 Å². The SMILES string of the molecule is COc1cc(C2C(C(=O)OC(C)C)=C(C)Nc3nc(SCc4ccccc4Cl)nn32)cc(Br)c1OCc1ccccc1. The second-order valence-corrected chi connectivity index (χ2v) is 12.1. The van der Waals surface area contributed by atoms with Gasteiger partial charge in [0.2, 0.25) is 11.1 Å². The summed E-state index contributed by atoms with van der Waals surface area (Å²) < 4.78 is 20.0. The lowest BCUT2D eigenvalue weighted by Crippen LogP contribution is -2.30. The second kappa shape index (κ2) is 13.2. The van der Waals surface area contributed by atoms with Crippen LogP contribution >= 0.6 is 39.3 Å². The molecule has 1 aliphatic rings. The van der Waals surface area contributed by atoms with Crippen molar-refractivity contribution in [2.45, 2.75) is 50.4 Å². The van der Waals surface area contributed by atoms with Crippen LogP contribution < -0.4 is 14.8 Å². The van der Waals surface area contributed by atoms with Crippen LogP contribution in [0, 0.1) is 0 Å². The number of ether oxygens (including phenoxy) is 3. The number of allylic oxidation sites excluding steroid dienone is 1. The Morgan fingerprint density at radius 1 is 1.14 bits per heavy atom. The first-order chi connectivity index (χ1) is 20.2. The summed E-state index contributed by atoms with van der Waals surface area (Å²) >= 11 is 11.5. The number of fused-ring (bicyclic) bond motifs is 1. The third-order valence-corrected chi connectivity index (χ3v) is 8.35. The van der Waals surface area contributed by atoms with E-state index in [9.17, 15) is 4.79 Å². The van der Waals surface area contributed by atoms with Crippen molar-refractivity contribution < 1.29 is 19.0 Å². The molecule has 8 nitrogen and oxygen atoms in total. The van der Waals surface area contributed by atoms with Crippen LogP contribution in [-0.4, -0.2) is 33.9 Å². The van der Waals surface area contributed by atoms with Crippen LogP contribution in [0.25, 0.3) is 0 Å². The molecule has 0 bridgehead atoms. The maximum Gasteiger partial charge on any atom is 0.338 e. The molecule has 0 saturated carbocycles. The Morgan fingerprint density at radius 2 is 1.88 bits per heavy atom. The number of esters is 1. The summed E-state index contributed by atoms with van der Waals surface area (Å²) in [4.78, 5) is 18.2. The minimum atomic E-state index is -0.636. The van der Waals surface area contributed by atoms with E-state index < -0.39 is 12.0 Å². The molecule has 4 aromatic rings. The first kappa shape index (κ1) is 30.0. The minimum Gasteiger partial charge on any atom is -0.493 e. The number of halogens is 2. The van der Waals surface area contributed by atoms with Gasteiger partial charge in [0, 0.05) is 16.5 Å². The first-order valence-electron chi connectivity index (χ1n) is 13.3. The smallest absolute Gasteiger partial charge is 0.338 e. The summed E-state index contributed by atoms with van der Waals surface area (Å²) in [6.07, 6.45) is -0.299. The topological polar surface area (TPSA) is 87.5 Å². The van der Waals surface area contributed by atoms with Crippen molar-refractivity contribution in [1.29, 1.82) is 0 Å². The molecule has 5 rings (SSSR count). The monoisotopic (exact) mass is 668 g/mol. The number of nitrogens with one attached hydrogen (secondary N) is 1. The summed E-state index contributed by atoms with van der Waals surface area (Å²) in [5, 5.41) is 9.30. The third-order valence-electron chi connectivity index (χ3n) is 6.50. The zero-order valence-electron chi connectivity index (χ0n) is 23.6. The van der Waals surface area contributed by atoms with Crippen LogP contribution in [0.3, 0.4) is 0 Å². The molecule has 1 aromatic heterocycles. The molecule has 1 aliphatic heterocycles. The molecule has 0 saturated heterocycles. The molecule has 0 aliphatic carbocycles. The van der Waals surface area contributed by atoms with Crippen molar-refractivity contribution >= 4 is 51.2 Å². The molecular weight excluding hydrogens is 640 g/mol. The maximum atomic E-state index is 13.5. The van der Waals surface area contributed by atoms with Gasteiger partial charge in [0.15, 0.2) is 11.5 Å². The highest BCUT2D eigenvalue weighted by Gasteiger charge is 2.36. The van der Waals surface area contributed by atoms with Crippen molar-refractivity contribution in [3.05, 3.63) is 104 Å². The highest BCUT2D eigenvalue weighted by atomic mass is 79.9. The standard InChI is InChI=1S/C31H30BrClN4O4S/c1-18(2)41-29(38)26-19(3)34-30-35-31(42-17-21-12-8-9-13-24(21)33)36-37(30)27(26)22-14-23(32)28(25(15-22)39-4)40-16-20-10-6-5-7-11-20/h5-15,18,27H,16-17H2,1-4H3,(H,34,35,36). The Morgan fingerprint density at radius 3 is 2.60 bits per heavy atom. The molecule has 1 N–H and O–H groups in total. The van der Waals surface area contributed by atoms with E-state index in [1.54, 1.807) is 11.8 Å². The highest BCUT2D eigenvalue weighted by molar-refractivity contribution is 9.10. The van der Waals surface area contributed by atoms with E-state index >= 15 is 0 Å². The van der Waals surface area contributed by atoms with Crippen molar-refractivity contribution in [3.8, 4) is 11.5 Å². The fraction of sp³-hybridized carbons (Fsp3) is 0.258. The van der Waals surface area contributed by atoms with E-state index in [1.165, 1.54) is 11.8 Å². The fourth-order valence-corrected chi connectivity index (χ4v) is 6.26. The van der Waals surface area contributed by atoms with E-state index in [0.29, 0.717) is 55.7 Å². The van der Waals surface area contributed by atoms with Crippen molar-refractivity contribution in [2.24, 2.45) is 0 Å². The maximum absolute atomic E-state index is 13.5. The molecule has 11 heteroatoms. The third kappa shape index (κ3) is 6.61. The Bertz CT molecular complexity index is 1630. The lowest BCUT2D eigenvalue weighted by Gasteiger charge is -2.29. The minimum absolute atomic E-state index is 0.299. The number of carbonyl (C=O) groups excluding carboxylic acids is 1. The van der Waals surface area contributed by atoms with Gasteiger partial charge in [-0.1, -0.05) is 71.9 Å². The number of anilines is 1. The van der Waals surface area contributed by atoms with Crippen LogP contribution in [0.5, 0.6) is 11.5 Å². The molecule has 0 amide bonds. The van der Waals surface area contributed by atoms with Crippen LogP contribution in [-0.2, 0) is 21.9 Å². The van der Waals surface area contributed by atoms with Gasteiger partial charge in [0.1, 0.15) is 12.6 Å². The van der Waals surface area contributed by atoms with E-state index in [-0.39, 0.29) is 6.10 Å². The van der Waals surface area contributed by atoms with E-state index in [0.717, 1.165) is 16.7 Å². The lowest BCUT2D eigenvalue weighted by atomic mass is 9.95. The summed E-state index contributed by atoms with van der Waals surface area (Å²) in [5.41, 5.74) is 3.82. The van der Waals surface area contributed by atoms with Crippen molar-refractivity contribution in [3.63, 3.8) is 0 Å². The molecule has 0 radical (unpaired) electrons. The molecule has 2 heterocycles. The number of benzene rings is 3. The Balaban J connectivity index is 1.52. The van der Waals surface area contributed by atoms with Gasteiger partial charge < -0.3 is 19.5 Å². The van der Waals surface area contributed by atoms with Gasteiger partial charge in [0.05, 0.1) is 23.3 Å². The molecule has 3 aromatic carbocycles. The largest absolute Gasteiger partial charge is 0.493 e. The number of thioether (sulfide) groups is 1. The summed E-state index contributed by atoms with van der Waals surface area (Å²) in [6, 6.07) is 20.7. The molecule has 0 fully saturated rings. The molecule has 0 spiro atoms. The van der Waals surface area contributed by atoms with Crippen LogP contribution in [0.1, 0.15) is 43.5 Å². The van der Waals surface area contributed by atoms with Gasteiger partial charge in [-0.05, 0) is 71.6 Å². The van der Waals surface area contributed by atoms with Gasteiger partial charge >= 0.3 is 5.97 Å². The Labute approximate surface area is 262 Å². The number of rotatable bonds is 10. The molecule has 218 valence electrons. The van der Waals surface area contributed by atoms with Gasteiger partial charge in [-0.25, -0.2) is 9.48 Å². The van der Waals surface area contributed by atoms with Gasteiger partial charge in [-0.3, -0.25) is 0 Å². The quantitative estimate of drug-likeness (QED) is 0.135. The average molecular weight is 670 g/mol. The number of hydrogen-bond acceptors (Lipinski definition) is 8. The van der Waals surface area contributed by atoms with Gasteiger partial charge in [-0.15, -0.1) is 5.10 Å². The first-order valence-corrected chi connectivity index (χ1v) is 15.5. The van der Waals surface area contributed by atoms with E-state index in [4.69, 9.17) is 35.9 Å². The van der Waals surface area contributed by atoms with Gasteiger partial charge in [0.25, 0.3) is 0 Å².